The lowest BCUT2D eigenvalue weighted by molar-refractivity contribution is 0.0845. The summed E-state index contributed by atoms with van der Waals surface area (Å²) < 4.78 is 11.4. The van der Waals surface area contributed by atoms with E-state index in [0.29, 0.717) is 45.3 Å². The number of hydrogen-bond donors (Lipinski definition) is 2. The van der Waals surface area contributed by atoms with Crippen molar-refractivity contribution in [2.45, 2.75) is 0 Å². The molecular weight excluding hydrogens is 400 g/mol. The SMILES string of the molecule is O=C(NNC(=O)c1cc2c(cc1Br)OCCO2)c1ccc(Cl)cc1. The number of ether oxygens (including phenoxy) is 2. The fourth-order valence-corrected chi connectivity index (χ4v) is 2.72. The van der Waals surface area contributed by atoms with Crippen molar-refractivity contribution < 1.29 is 19.1 Å². The first-order chi connectivity index (χ1) is 11.5. The van der Waals surface area contributed by atoms with E-state index in [1.54, 1.807) is 36.4 Å². The van der Waals surface area contributed by atoms with Crippen molar-refractivity contribution in [3.8, 4) is 11.5 Å². The summed E-state index contributed by atoms with van der Waals surface area (Å²) in [6.07, 6.45) is 0. The maximum atomic E-state index is 12.3. The van der Waals surface area contributed by atoms with E-state index in [2.05, 4.69) is 26.8 Å². The number of amides is 2. The van der Waals surface area contributed by atoms with Crippen molar-refractivity contribution in [3.63, 3.8) is 0 Å². The minimum atomic E-state index is -0.485. The molecule has 0 saturated heterocycles. The molecule has 0 radical (unpaired) electrons. The monoisotopic (exact) mass is 410 g/mol. The molecule has 8 heteroatoms. The van der Waals surface area contributed by atoms with Gasteiger partial charge in [0.1, 0.15) is 13.2 Å². The van der Waals surface area contributed by atoms with Crippen molar-refractivity contribution in [3.05, 3.63) is 57.0 Å². The van der Waals surface area contributed by atoms with Gasteiger partial charge in [-0.2, -0.15) is 0 Å². The van der Waals surface area contributed by atoms with Gasteiger partial charge in [0.15, 0.2) is 11.5 Å². The Kier molecular flexibility index (Phi) is 4.92. The van der Waals surface area contributed by atoms with Gasteiger partial charge in [0, 0.05) is 15.1 Å². The summed E-state index contributed by atoms with van der Waals surface area (Å²) in [6, 6.07) is 9.52. The molecule has 3 rings (SSSR count). The van der Waals surface area contributed by atoms with E-state index in [1.165, 1.54) is 0 Å². The Balaban J connectivity index is 1.69. The molecular formula is C16H12BrClN2O4. The Labute approximate surface area is 151 Å². The fourth-order valence-electron chi connectivity index (χ4n) is 2.09. The van der Waals surface area contributed by atoms with Crippen molar-refractivity contribution in [1.82, 2.24) is 10.9 Å². The zero-order valence-corrected chi connectivity index (χ0v) is 14.6. The van der Waals surface area contributed by atoms with Crippen LogP contribution < -0.4 is 20.3 Å². The number of rotatable bonds is 2. The number of carbonyl (C=O) groups is 2. The van der Waals surface area contributed by atoms with Gasteiger partial charge in [-0.1, -0.05) is 11.6 Å². The minimum Gasteiger partial charge on any atom is -0.486 e. The zero-order chi connectivity index (χ0) is 17.1. The molecule has 0 unspecified atom stereocenters. The maximum absolute atomic E-state index is 12.3. The van der Waals surface area contributed by atoms with Crippen LogP contribution in [-0.4, -0.2) is 25.0 Å². The second-order valence-electron chi connectivity index (χ2n) is 4.89. The minimum absolute atomic E-state index is 0.315. The molecule has 1 heterocycles. The van der Waals surface area contributed by atoms with Crippen LogP contribution in [0.25, 0.3) is 0 Å². The Hall–Kier alpha value is -2.25. The van der Waals surface area contributed by atoms with E-state index < -0.39 is 11.8 Å². The summed E-state index contributed by atoms with van der Waals surface area (Å²) in [5.74, 6) is 0.114. The van der Waals surface area contributed by atoms with Gasteiger partial charge in [0.2, 0.25) is 0 Å². The lowest BCUT2D eigenvalue weighted by Crippen LogP contribution is -2.41. The number of nitrogens with one attached hydrogen (secondary N) is 2. The third-order valence-electron chi connectivity index (χ3n) is 3.27. The van der Waals surface area contributed by atoms with Crippen molar-refractivity contribution in [2.75, 3.05) is 13.2 Å². The number of hydrogen-bond acceptors (Lipinski definition) is 4. The molecule has 0 aliphatic carbocycles. The number of hydrazine groups is 1. The van der Waals surface area contributed by atoms with E-state index in [4.69, 9.17) is 21.1 Å². The molecule has 2 aromatic rings. The molecule has 0 atom stereocenters. The van der Waals surface area contributed by atoms with Crippen LogP contribution in [-0.2, 0) is 0 Å². The van der Waals surface area contributed by atoms with Crippen molar-refractivity contribution in [2.24, 2.45) is 0 Å². The van der Waals surface area contributed by atoms with Gasteiger partial charge >= 0.3 is 0 Å². The van der Waals surface area contributed by atoms with Crippen LogP contribution in [0.3, 0.4) is 0 Å². The van der Waals surface area contributed by atoms with E-state index >= 15 is 0 Å². The molecule has 0 saturated carbocycles. The van der Waals surface area contributed by atoms with Gasteiger partial charge in [-0.3, -0.25) is 20.4 Å². The highest BCUT2D eigenvalue weighted by Gasteiger charge is 2.19. The Morgan fingerprint density at radius 1 is 0.958 bits per heavy atom. The molecule has 2 amide bonds. The summed E-state index contributed by atoms with van der Waals surface area (Å²) in [5.41, 5.74) is 5.40. The normalized spacial score (nSPS) is 12.4. The largest absolute Gasteiger partial charge is 0.486 e. The van der Waals surface area contributed by atoms with Gasteiger partial charge in [0.05, 0.1) is 5.56 Å². The van der Waals surface area contributed by atoms with Crippen LogP contribution in [0.5, 0.6) is 11.5 Å². The average molecular weight is 412 g/mol. The molecule has 0 fully saturated rings. The first-order valence-corrected chi connectivity index (χ1v) is 8.17. The molecule has 0 spiro atoms. The van der Waals surface area contributed by atoms with Crippen LogP contribution in [0.4, 0.5) is 0 Å². The van der Waals surface area contributed by atoms with Crippen LogP contribution in [0, 0.1) is 0 Å². The number of carbonyl (C=O) groups excluding carboxylic acids is 2. The molecule has 2 N–H and O–H groups in total. The maximum Gasteiger partial charge on any atom is 0.270 e. The van der Waals surface area contributed by atoms with Crippen molar-refractivity contribution >= 4 is 39.3 Å². The van der Waals surface area contributed by atoms with E-state index in [0.717, 1.165) is 0 Å². The quantitative estimate of drug-likeness (QED) is 0.745. The smallest absolute Gasteiger partial charge is 0.270 e. The van der Waals surface area contributed by atoms with E-state index in [9.17, 15) is 9.59 Å². The van der Waals surface area contributed by atoms with Crippen molar-refractivity contribution in [1.29, 1.82) is 0 Å². The number of benzene rings is 2. The molecule has 1 aliphatic rings. The van der Waals surface area contributed by atoms with Gasteiger partial charge in [-0.15, -0.1) is 0 Å². The molecule has 2 aromatic carbocycles. The Morgan fingerprint density at radius 2 is 1.54 bits per heavy atom. The average Bonchev–Trinajstić information content (AvgIpc) is 2.59. The first kappa shape index (κ1) is 16.6. The number of halogens is 2. The van der Waals surface area contributed by atoms with E-state index in [1.807, 2.05) is 0 Å². The summed E-state index contributed by atoms with van der Waals surface area (Å²) in [5, 5.41) is 0.524. The van der Waals surface area contributed by atoms with E-state index in [-0.39, 0.29) is 0 Å². The standard InChI is InChI=1S/C16H12BrClN2O4/c17-12-8-14-13(23-5-6-24-14)7-11(12)16(22)20-19-15(21)9-1-3-10(18)4-2-9/h1-4,7-8H,5-6H2,(H,19,21)(H,20,22). The fraction of sp³-hybridized carbons (Fsp3) is 0.125. The predicted molar refractivity (Wildman–Crippen MR) is 91.5 cm³/mol. The highest BCUT2D eigenvalue weighted by atomic mass is 79.9. The molecule has 0 aromatic heterocycles. The Morgan fingerprint density at radius 3 is 2.21 bits per heavy atom. The van der Waals surface area contributed by atoms with Gasteiger partial charge in [0.25, 0.3) is 11.8 Å². The third kappa shape index (κ3) is 3.63. The summed E-state index contributed by atoms with van der Waals surface area (Å²) >= 11 is 9.08. The van der Waals surface area contributed by atoms with Crippen LogP contribution in [0.2, 0.25) is 5.02 Å². The summed E-state index contributed by atoms with van der Waals surface area (Å²) in [6.45, 7) is 0.880. The lowest BCUT2D eigenvalue weighted by Gasteiger charge is -2.19. The van der Waals surface area contributed by atoms with Crippen LogP contribution in [0.1, 0.15) is 20.7 Å². The highest BCUT2D eigenvalue weighted by molar-refractivity contribution is 9.10. The van der Waals surface area contributed by atoms with Crippen LogP contribution in [0.15, 0.2) is 40.9 Å². The van der Waals surface area contributed by atoms with Gasteiger partial charge in [-0.05, 0) is 52.3 Å². The Bertz CT molecular complexity index is 795. The zero-order valence-electron chi connectivity index (χ0n) is 12.3. The van der Waals surface area contributed by atoms with Crippen LogP contribution >= 0.6 is 27.5 Å². The lowest BCUT2D eigenvalue weighted by atomic mass is 10.2. The summed E-state index contributed by atoms with van der Waals surface area (Å²) in [7, 11) is 0. The first-order valence-electron chi connectivity index (χ1n) is 7.00. The molecule has 24 heavy (non-hydrogen) atoms. The highest BCUT2D eigenvalue weighted by Crippen LogP contribution is 2.35. The molecule has 1 aliphatic heterocycles. The molecule has 124 valence electrons. The predicted octanol–water partition coefficient (Wildman–Crippen LogP) is 2.95. The second-order valence-corrected chi connectivity index (χ2v) is 6.18. The second kappa shape index (κ2) is 7.11. The summed E-state index contributed by atoms with van der Waals surface area (Å²) in [4.78, 5) is 24.3. The number of fused-ring (bicyclic) bond motifs is 1. The molecule has 0 bridgehead atoms. The third-order valence-corrected chi connectivity index (χ3v) is 4.18. The van der Waals surface area contributed by atoms with Gasteiger partial charge < -0.3 is 9.47 Å². The van der Waals surface area contributed by atoms with Gasteiger partial charge in [-0.25, -0.2) is 0 Å². The molecule has 6 nitrogen and oxygen atoms in total. The topological polar surface area (TPSA) is 76.7 Å².